The van der Waals surface area contributed by atoms with Crippen molar-refractivity contribution in [3.05, 3.63) is 89.2 Å². The molecule has 3 aromatic rings. The van der Waals surface area contributed by atoms with Crippen molar-refractivity contribution in [2.45, 2.75) is 13.2 Å². The fourth-order valence-electron chi connectivity index (χ4n) is 2.74. The Kier molecular flexibility index (Phi) is 7.03. The van der Waals surface area contributed by atoms with Crippen LogP contribution in [-0.4, -0.2) is 19.2 Å². The van der Waals surface area contributed by atoms with Crippen LogP contribution in [0.2, 0.25) is 0 Å². The van der Waals surface area contributed by atoms with Gasteiger partial charge < -0.3 is 19.5 Å². The molecule has 0 saturated heterocycles. The van der Waals surface area contributed by atoms with Gasteiger partial charge in [-0.25, -0.2) is 4.39 Å². The Morgan fingerprint density at radius 1 is 0.897 bits per heavy atom. The van der Waals surface area contributed by atoms with Gasteiger partial charge in [-0.3, -0.25) is 0 Å². The van der Waals surface area contributed by atoms with Crippen molar-refractivity contribution in [3.8, 4) is 17.2 Å². The predicted octanol–water partition coefficient (Wildman–Crippen LogP) is 4.89. The highest BCUT2D eigenvalue weighted by Gasteiger charge is 2.09. The standard InChI is InChI=1S/C23H22FNO3S/c1-26-20-5-3-4-17(12-20)14-25-23(29)18-8-11-21(22(13-18)27-2)28-15-16-6-9-19(24)10-7-16/h3-13H,14-15H2,1-2H3,(H,25,29). The molecule has 0 aliphatic carbocycles. The molecule has 4 nitrogen and oxygen atoms in total. The van der Waals surface area contributed by atoms with Crippen LogP contribution in [0.15, 0.2) is 66.7 Å². The molecule has 29 heavy (non-hydrogen) atoms. The molecule has 0 radical (unpaired) electrons. The largest absolute Gasteiger partial charge is 0.497 e. The first kappa shape index (κ1) is 20.6. The minimum Gasteiger partial charge on any atom is -0.497 e. The molecule has 0 fully saturated rings. The molecular formula is C23H22FNO3S. The molecule has 0 spiro atoms. The van der Waals surface area contributed by atoms with Crippen LogP contribution in [-0.2, 0) is 13.2 Å². The van der Waals surface area contributed by atoms with Gasteiger partial charge in [0.2, 0.25) is 0 Å². The number of rotatable bonds is 8. The summed E-state index contributed by atoms with van der Waals surface area (Å²) in [7, 11) is 3.22. The Morgan fingerprint density at radius 2 is 1.69 bits per heavy atom. The molecular weight excluding hydrogens is 389 g/mol. The van der Waals surface area contributed by atoms with Gasteiger partial charge in [0.05, 0.1) is 14.2 Å². The highest BCUT2D eigenvalue weighted by molar-refractivity contribution is 7.80. The molecule has 0 aliphatic heterocycles. The summed E-state index contributed by atoms with van der Waals surface area (Å²) in [6.45, 7) is 0.899. The molecule has 0 saturated carbocycles. The van der Waals surface area contributed by atoms with Gasteiger partial charge in [-0.2, -0.15) is 0 Å². The molecule has 0 atom stereocenters. The highest BCUT2D eigenvalue weighted by atomic mass is 32.1. The average Bonchev–Trinajstić information content (AvgIpc) is 2.77. The van der Waals surface area contributed by atoms with Crippen molar-refractivity contribution in [2.75, 3.05) is 14.2 Å². The zero-order chi connectivity index (χ0) is 20.6. The fourth-order valence-corrected chi connectivity index (χ4v) is 2.94. The molecule has 0 unspecified atom stereocenters. The molecule has 150 valence electrons. The minimum atomic E-state index is -0.273. The number of benzene rings is 3. The van der Waals surface area contributed by atoms with Gasteiger partial charge in [-0.15, -0.1) is 0 Å². The molecule has 0 aromatic heterocycles. The van der Waals surface area contributed by atoms with Crippen LogP contribution < -0.4 is 19.5 Å². The third-order valence-corrected chi connectivity index (χ3v) is 4.70. The summed E-state index contributed by atoms with van der Waals surface area (Å²) >= 11 is 5.51. The SMILES string of the molecule is COc1cccc(CNC(=S)c2ccc(OCc3ccc(F)cc3)c(OC)c2)c1. The number of halogens is 1. The quantitative estimate of drug-likeness (QED) is 0.535. The van der Waals surface area contributed by atoms with E-state index < -0.39 is 0 Å². The second-order valence-electron chi connectivity index (χ2n) is 6.31. The van der Waals surface area contributed by atoms with Crippen molar-refractivity contribution < 1.29 is 18.6 Å². The Balaban J connectivity index is 1.63. The van der Waals surface area contributed by atoms with E-state index in [0.717, 1.165) is 22.4 Å². The lowest BCUT2D eigenvalue weighted by Crippen LogP contribution is -2.21. The van der Waals surface area contributed by atoms with Crippen molar-refractivity contribution in [2.24, 2.45) is 0 Å². The number of ether oxygens (including phenoxy) is 3. The van der Waals surface area contributed by atoms with E-state index in [9.17, 15) is 4.39 Å². The second kappa shape index (κ2) is 9.89. The van der Waals surface area contributed by atoms with Crippen molar-refractivity contribution in [1.82, 2.24) is 5.32 Å². The van der Waals surface area contributed by atoms with Crippen LogP contribution in [0.5, 0.6) is 17.2 Å². The van der Waals surface area contributed by atoms with Gasteiger partial charge in [0, 0.05) is 12.1 Å². The van der Waals surface area contributed by atoms with Gasteiger partial charge in [-0.05, 0) is 53.6 Å². The Morgan fingerprint density at radius 3 is 2.41 bits per heavy atom. The number of methoxy groups -OCH3 is 2. The lowest BCUT2D eigenvalue weighted by atomic mass is 10.1. The normalized spacial score (nSPS) is 10.3. The zero-order valence-corrected chi connectivity index (χ0v) is 17.1. The Bertz CT molecular complexity index is 976. The lowest BCUT2D eigenvalue weighted by molar-refractivity contribution is 0.284. The van der Waals surface area contributed by atoms with Crippen LogP contribution >= 0.6 is 12.2 Å². The Labute approximate surface area is 175 Å². The lowest BCUT2D eigenvalue weighted by Gasteiger charge is -2.14. The van der Waals surface area contributed by atoms with Gasteiger partial charge in [0.25, 0.3) is 0 Å². The van der Waals surface area contributed by atoms with Crippen LogP contribution in [0, 0.1) is 5.82 Å². The van der Waals surface area contributed by atoms with Gasteiger partial charge in [0.1, 0.15) is 23.2 Å². The molecule has 0 bridgehead atoms. The number of hydrogen-bond acceptors (Lipinski definition) is 4. The van der Waals surface area contributed by atoms with Gasteiger partial charge >= 0.3 is 0 Å². The van der Waals surface area contributed by atoms with Crippen molar-refractivity contribution in [3.63, 3.8) is 0 Å². The predicted molar refractivity (Wildman–Crippen MR) is 115 cm³/mol. The van der Waals surface area contributed by atoms with E-state index >= 15 is 0 Å². The monoisotopic (exact) mass is 411 g/mol. The van der Waals surface area contributed by atoms with Crippen LogP contribution in [0.25, 0.3) is 0 Å². The third kappa shape index (κ3) is 5.68. The summed E-state index contributed by atoms with van der Waals surface area (Å²) < 4.78 is 29.5. The van der Waals surface area contributed by atoms with E-state index in [1.807, 2.05) is 42.5 Å². The first-order valence-electron chi connectivity index (χ1n) is 9.05. The van der Waals surface area contributed by atoms with E-state index in [4.69, 9.17) is 26.4 Å². The van der Waals surface area contributed by atoms with E-state index in [-0.39, 0.29) is 5.82 Å². The van der Waals surface area contributed by atoms with Gasteiger partial charge in [0.15, 0.2) is 11.5 Å². The summed E-state index contributed by atoms with van der Waals surface area (Å²) in [4.78, 5) is 0.608. The van der Waals surface area contributed by atoms with Crippen LogP contribution in [0.4, 0.5) is 4.39 Å². The molecule has 3 rings (SSSR count). The van der Waals surface area contributed by atoms with Crippen molar-refractivity contribution in [1.29, 1.82) is 0 Å². The first-order valence-corrected chi connectivity index (χ1v) is 9.46. The highest BCUT2D eigenvalue weighted by Crippen LogP contribution is 2.29. The van der Waals surface area contributed by atoms with Crippen LogP contribution in [0.1, 0.15) is 16.7 Å². The molecule has 0 heterocycles. The van der Waals surface area contributed by atoms with E-state index in [2.05, 4.69) is 5.32 Å². The number of hydrogen-bond donors (Lipinski definition) is 1. The molecule has 3 aromatic carbocycles. The number of thiocarbonyl (C=S) groups is 1. The molecule has 0 aliphatic rings. The number of nitrogens with one attached hydrogen (secondary N) is 1. The minimum absolute atomic E-state index is 0.273. The topological polar surface area (TPSA) is 39.7 Å². The van der Waals surface area contributed by atoms with E-state index in [1.54, 1.807) is 26.4 Å². The second-order valence-corrected chi connectivity index (χ2v) is 6.72. The van der Waals surface area contributed by atoms with Crippen molar-refractivity contribution >= 4 is 17.2 Å². The van der Waals surface area contributed by atoms with Crippen LogP contribution in [0.3, 0.4) is 0 Å². The summed E-state index contributed by atoms with van der Waals surface area (Å²) in [5.74, 6) is 1.71. The summed E-state index contributed by atoms with van der Waals surface area (Å²) in [6, 6.07) is 19.5. The summed E-state index contributed by atoms with van der Waals surface area (Å²) in [6.07, 6.45) is 0. The summed E-state index contributed by atoms with van der Waals surface area (Å²) in [5, 5.41) is 3.24. The van der Waals surface area contributed by atoms with E-state index in [1.165, 1.54) is 12.1 Å². The molecule has 6 heteroatoms. The average molecular weight is 411 g/mol. The molecule has 0 amide bonds. The first-order chi connectivity index (χ1) is 14.1. The fraction of sp³-hybridized carbons (Fsp3) is 0.174. The maximum Gasteiger partial charge on any atom is 0.161 e. The maximum atomic E-state index is 13.0. The summed E-state index contributed by atoms with van der Waals surface area (Å²) in [5.41, 5.74) is 2.76. The zero-order valence-electron chi connectivity index (χ0n) is 16.3. The third-order valence-electron chi connectivity index (χ3n) is 4.32. The Hall–Kier alpha value is -3.12. The maximum absolute atomic E-state index is 13.0. The molecule has 1 N–H and O–H groups in total. The smallest absolute Gasteiger partial charge is 0.161 e. The van der Waals surface area contributed by atoms with Gasteiger partial charge in [-0.1, -0.05) is 36.5 Å². The van der Waals surface area contributed by atoms with E-state index in [0.29, 0.717) is 29.6 Å².